The number of likely N-dealkylation sites (tertiary alicyclic amines) is 1. The third-order valence-corrected chi connectivity index (χ3v) is 4.37. The minimum Gasteiger partial charge on any atom is -0.363 e. The fraction of sp³-hybridized carbons (Fsp3) is 0.706. The molecule has 1 aliphatic rings. The molecular formula is C17H29N3. The quantitative estimate of drug-likeness (QED) is 0.815. The van der Waals surface area contributed by atoms with Crippen LogP contribution in [0.25, 0.3) is 0 Å². The first kappa shape index (κ1) is 15.3. The summed E-state index contributed by atoms with van der Waals surface area (Å²) in [4.78, 5) is 9.38. The molecule has 1 aliphatic heterocycles. The Morgan fingerprint density at radius 1 is 1.35 bits per heavy atom. The zero-order valence-electron chi connectivity index (χ0n) is 13.5. The first-order valence-electron chi connectivity index (χ1n) is 8.01. The Hall–Kier alpha value is -1.09. The summed E-state index contributed by atoms with van der Waals surface area (Å²) in [6.07, 6.45) is 8.68. The normalized spacial score (nSPS) is 20.1. The SMILES string of the molecule is CCCCN1CCCC[C@@H]1c1cnc(N(C)C)cc1C. The van der Waals surface area contributed by atoms with Gasteiger partial charge in [-0.3, -0.25) is 4.90 Å². The van der Waals surface area contributed by atoms with Crippen LogP contribution in [0.4, 0.5) is 5.82 Å². The lowest BCUT2D eigenvalue weighted by molar-refractivity contribution is 0.146. The second-order valence-electron chi connectivity index (χ2n) is 6.19. The third-order valence-electron chi connectivity index (χ3n) is 4.37. The minimum atomic E-state index is 0.582. The van der Waals surface area contributed by atoms with Crippen LogP contribution in [0.15, 0.2) is 12.3 Å². The first-order chi connectivity index (χ1) is 9.63. The van der Waals surface area contributed by atoms with E-state index in [4.69, 9.17) is 0 Å². The molecule has 1 atom stereocenters. The predicted molar refractivity (Wildman–Crippen MR) is 86.4 cm³/mol. The summed E-state index contributed by atoms with van der Waals surface area (Å²) in [5, 5.41) is 0. The average Bonchev–Trinajstić information content (AvgIpc) is 2.45. The number of pyridine rings is 1. The standard InChI is InChI=1S/C17H29N3/c1-5-6-10-20-11-8-7-9-16(20)15-13-18-17(19(3)4)12-14(15)2/h12-13,16H,5-11H2,1-4H3/t16-/m1/s1. The summed E-state index contributed by atoms with van der Waals surface area (Å²) in [7, 11) is 4.10. The highest BCUT2D eigenvalue weighted by atomic mass is 15.2. The van der Waals surface area contributed by atoms with Gasteiger partial charge in [-0.2, -0.15) is 0 Å². The van der Waals surface area contributed by atoms with Gasteiger partial charge in [0.05, 0.1) is 0 Å². The molecule has 0 bridgehead atoms. The molecule has 0 N–H and O–H groups in total. The summed E-state index contributed by atoms with van der Waals surface area (Å²) in [6.45, 7) is 6.99. The minimum absolute atomic E-state index is 0.582. The number of nitrogens with zero attached hydrogens (tertiary/aromatic N) is 3. The van der Waals surface area contributed by atoms with Gasteiger partial charge in [0.25, 0.3) is 0 Å². The van der Waals surface area contributed by atoms with Gasteiger partial charge in [-0.1, -0.05) is 19.8 Å². The highest BCUT2D eigenvalue weighted by molar-refractivity contribution is 5.42. The van der Waals surface area contributed by atoms with Crippen LogP contribution in [-0.4, -0.2) is 37.1 Å². The molecule has 3 nitrogen and oxygen atoms in total. The van der Waals surface area contributed by atoms with Crippen molar-refractivity contribution in [1.82, 2.24) is 9.88 Å². The Labute approximate surface area is 124 Å². The van der Waals surface area contributed by atoms with E-state index in [9.17, 15) is 0 Å². The van der Waals surface area contributed by atoms with Crippen LogP contribution in [-0.2, 0) is 0 Å². The van der Waals surface area contributed by atoms with Crippen molar-refractivity contribution in [3.8, 4) is 0 Å². The highest BCUT2D eigenvalue weighted by Crippen LogP contribution is 2.33. The van der Waals surface area contributed by atoms with Crippen LogP contribution >= 0.6 is 0 Å². The van der Waals surface area contributed by atoms with Gasteiger partial charge in [0.1, 0.15) is 5.82 Å². The van der Waals surface area contributed by atoms with Gasteiger partial charge in [0, 0.05) is 26.3 Å². The largest absolute Gasteiger partial charge is 0.363 e. The summed E-state index contributed by atoms with van der Waals surface area (Å²) < 4.78 is 0. The molecule has 2 rings (SSSR count). The first-order valence-corrected chi connectivity index (χ1v) is 8.01. The number of hydrogen-bond acceptors (Lipinski definition) is 3. The topological polar surface area (TPSA) is 19.4 Å². The molecule has 0 amide bonds. The summed E-state index contributed by atoms with van der Waals surface area (Å²) in [6, 6.07) is 2.81. The van der Waals surface area contributed by atoms with E-state index in [1.807, 2.05) is 0 Å². The van der Waals surface area contributed by atoms with Gasteiger partial charge in [-0.15, -0.1) is 0 Å². The maximum atomic E-state index is 4.63. The van der Waals surface area contributed by atoms with Crippen molar-refractivity contribution in [3.05, 3.63) is 23.4 Å². The van der Waals surface area contributed by atoms with Gasteiger partial charge in [0.15, 0.2) is 0 Å². The van der Waals surface area contributed by atoms with Crippen LogP contribution in [0.3, 0.4) is 0 Å². The predicted octanol–water partition coefficient (Wildman–Crippen LogP) is 3.78. The molecular weight excluding hydrogens is 246 g/mol. The molecule has 0 aliphatic carbocycles. The van der Waals surface area contributed by atoms with Crippen molar-refractivity contribution in [2.24, 2.45) is 0 Å². The number of piperidine rings is 1. The molecule has 1 fully saturated rings. The van der Waals surface area contributed by atoms with Gasteiger partial charge in [0.2, 0.25) is 0 Å². The average molecular weight is 275 g/mol. The van der Waals surface area contributed by atoms with Crippen molar-refractivity contribution in [1.29, 1.82) is 0 Å². The van der Waals surface area contributed by atoms with E-state index < -0.39 is 0 Å². The number of hydrogen-bond donors (Lipinski definition) is 0. The summed E-state index contributed by atoms with van der Waals surface area (Å²) in [5.41, 5.74) is 2.82. The molecule has 20 heavy (non-hydrogen) atoms. The summed E-state index contributed by atoms with van der Waals surface area (Å²) in [5.74, 6) is 1.06. The maximum Gasteiger partial charge on any atom is 0.128 e. The number of aromatic nitrogens is 1. The molecule has 0 radical (unpaired) electrons. The van der Waals surface area contributed by atoms with Crippen molar-refractivity contribution < 1.29 is 0 Å². The van der Waals surface area contributed by atoms with Crippen molar-refractivity contribution in [3.63, 3.8) is 0 Å². The zero-order chi connectivity index (χ0) is 14.5. The molecule has 0 saturated carbocycles. The monoisotopic (exact) mass is 275 g/mol. The van der Waals surface area contributed by atoms with E-state index in [-0.39, 0.29) is 0 Å². The third kappa shape index (κ3) is 3.51. The zero-order valence-corrected chi connectivity index (χ0v) is 13.5. The van der Waals surface area contributed by atoms with Crippen LogP contribution in [0.1, 0.15) is 56.2 Å². The number of rotatable bonds is 5. The van der Waals surface area contributed by atoms with E-state index in [0.29, 0.717) is 6.04 Å². The van der Waals surface area contributed by atoms with Crippen molar-refractivity contribution >= 4 is 5.82 Å². The lowest BCUT2D eigenvalue weighted by Crippen LogP contribution is -2.34. The van der Waals surface area contributed by atoms with Gasteiger partial charge < -0.3 is 4.90 Å². The van der Waals surface area contributed by atoms with E-state index in [0.717, 1.165) is 5.82 Å². The summed E-state index contributed by atoms with van der Waals surface area (Å²) >= 11 is 0. The smallest absolute Gasteiger partial charge is 0.128 e. The number of anilines is 1. The highest BCUT2D eigenvalue weighted by Gasteiger charge is 2.25. The number of unbranched alkanes of at least 4 members (excludes halogenated alkanes) is 1. The molecule has 1 saturated heterocycles. The fourth-order valence-electron chi connectivity index (χ4n) is 3.12. The molecule has 0 aromatic carbocycles. The Balaban J connectivity index is 2.19. The number of aryl methyl sites for hydroxylation is 1. The molecule has 3 heteroatoms. The van der Waals surface area contributed by atoms with Gasteiger partial charge in [-0.05, 0) is 56.5 Å². The van der Waals surface area contributed by atoms with Crippen LogP contribution < -0.4 is 4.90 Å². The molecule has 1 aromatic heterocycles. The second-order valence-corrected chi connectivity index (χ2v) is 6.19. The second kappa shape index (κ2) is 7.07. The maximum absolute atomic E-state index is 4.63. The van der Waals surface area contributed by atoms with Crippen LogP contribution in [0.2, 0.25) is 0 Å². The van der Waals surface area contributed by atoms with E-state index in [1.54, 1.807) is 0 Å². The van der Waals surface area contributed by atoms with E-state index in [1.165, 1.54) is 56.3 Å². The molecule has 0 spiro atoms. The molecule has 2 heterocycles. The Morgan fingerprint density at radius 3 is 2.80 bits per heavy atom. The lowest BCUT2D eigenvalue weighted by Gasteiger charge is -2.36. The van der Waals surface area contributed by atoms with E-state index in [2.05, 4.69) is 55.0 Å². The molecule has 112 valence electrons. The van der Waals surface area contributed by atoms with Gasteiger partial charge in [-0.25, -0.2) is 4.98 Å². The Bertz CT molecular complexity index is 428. The van der Waals surface area contributed by atoms with Gasteiger partial charge >= 0.3 is 0 Å². The fourth-order valence-corrected chi connectivity index (χ4v) is 3.12. The Kier molecular flexibility index (Phi) is 5.41. The van der Waals surface area contributed by atoms with E-state index >= 15 is 0 Å². The van der Waals surface area contributed by atoms with Crippen LogP contribution in [0, 0.1) is 6.92 Å². The van der Waals surface area contributed by atoms with Crippen LogP contribution in [0.5, 0.6) is 0 Å². The lowest BCUT2D eigenvalue weighted by atomic mass is 9.93. The molecule has 1 aromatic rings. The van der Waals surface area contributed by atoms with Crippen molar-refractivity contribution in [2.75, 3.05) is 32.1 Å². The van der Waals surface area contributed by atoms with Crippen molar-refractivity contribution in [2.45, 2.75) is 52.0 Å². The molecule has 0 unspecified atom stereocenters. The Morgan fingerprint density at radius 2 is 2.15 bits per heavy atom.